The number of benzene rings is 1. The third kappa shape index (κ3) is 4.29. The molecule has 2 rings (SSSR count). The summed E-state index contributed by atoms with van der Waals surface area (Å²) >= 11 is 13.4. The number of nitrogens with zero attached hydrogens (tertiary/aromatic N) is 1. The van der Waals surface area contributed by atoms with Crippen LogP contribution in [0.1, 0.15) is 10.9 Å². The van der Waals surface area contributed by atoms with Gasteiger partial charge in [-0.3, -0.25) is 9.59 Å². The van der Waals surface area contributed by atoms with Gasteiger partial charge in [-0.15, -0.1) is 11.8 Å². The maximum absolute atomic E-state index is 12.0. The molecule has 8 heteroatoms. The number of thioether (sulfide) groups is 1. The Morgan fingerprint density at radius 1 is 1.45 bits per heavy atom. The van der Waals surface area contributed by atoms with Crippen LogP contribution in [-0.4, -0.2) is 49.3 Å². The van der Waals surface area contributed by atoms with E-state index < -0.39 is 0 Å². The van der Waals surface area contributed by atoms with Crippen molar-refractivity contribution in [2.75, 3.05) is 32.6 Å². The zero-order chi connectivity index (χ0) is 16.1. The summed E-state index contributed by atoms with van der Waals surface area (Å²) in [5, 5.41) is 3.38. The maximum atomic E-state index is 12.0. The third-order valence-electron chi connectivity index (χ3n) is 3.14. The summed E-state index contributed by atoms with van der Waals surface area (Å²) in [6, 6.07) is 5.25. The van der Waals surface area contributed by atoms with Gasteiger partial charge in [0.25, 0.3) is 0 Å². The Hall–Kier alpha value is -0.950. The summed E-state index contributed by atoms with van der Waals surface area (Å²) in [4.78, 5) is 25.5. The minimum Gasteiger partial charge on any atom is -0.383 e. The van der Waals surface area contributed by atoms with Crippen molar-refractivity contribution in [3.05, 3.63) is 33.8 Å². The summed E-state index contributed by atoms with van der Waals surface area (Å²) in [6.45, 7) is 0.868. The highest BCUT2D eigenvalue weighted by molar-refractivity contribution is 8.00. The van der Waals surface area contributed by atoms with Gasteiger partial charge in [0.1, 0.15) is 11.9 Å². The first kappa shape index (κ1) is 17.4. The van der Waals surface area contributed by atoms with Crippen molar-refractivity contribution in [1.82, 2.24) is 10.2 Å². The molecule has 1 N–H and O–H groups in total. The molecule has 1 aromatic rings. The highest BCUT2D eigenvalue weighted by Gasteiger charge is 2.34. The lowest BCUT2D eigenvalue weighted by Gasteiger charge is -2.24. The quantitative estimate of drug-likeness (QED) is 0.789. The van der Waals surface area contributed by atoms with Crippen LogP contribution in [0.25, 0.3) is 0 Å². The molecule has 0 radical (unpaired) electrons. The molecule has 22 heavy (non-hydrogen) atoms. The Balaban J connectivity index is 2.05. The van der Waals surface area contributed by atoms with E-state index >= 15 is 0 Å². The molecule has 1 fully saturated rings. The van der Waals surface area contributed by atoms with E-state index in [1.165, 1.54) is 11.8 Å². The number of nitrogens with one attached hydrogen (secondary N) is 1. The maximum Gasteiger partial charge on any atom is 0.239 e. The summed E-state index contributed by atoms with van der Waals surface area (Å²) in [5.41, 5.74) is 0.856. The van der Waals surface area contributed by atoms with Crippen molar-refractivity contribution in [1.29, 1.82) is 0 Å². The molecule has 0 unspecified atom stereocenters. The van der Waals surface area contributed by atoms with E-state index in [0.29, 0.717) is 28.9 Å². The largest absolute Gasteiger partial charge is 0.383 e. The molecular formula is C14H16Cl2N2O3S. The Morgan fingerprint density at radius 2 is 2.23 bits per heavy atom. The van der Waals surface area contributed by atoms with Crippen LogP contribution in [0.15, 0.2) is 18.2 Å². The molecule has 0 spiro atoms. The normalized spacial score (nSPS) is 17.9. The fraction of sp³-hybridized carbons (Fsp3) is 0.429. The second-order valence-electron chi connectivity index (χ2n) is 4.70. The van der Waals surface area contributed by atoms with Crippen LogP contribution in [0, 0.1) is 0 Å². The van der Waals surface area contributed by atoms with E-state index in [1.54, 1.807) is 24.1 Å². The van der Waals surface area contributed by atoms with Gasteiger partial charge in [0, 0.05) is 13.7 Å². The molecule has 0 aliphatic carbocycles. The van der Waals surface area contributed by atoms with Crippen LogP contribution < -0.4 is 5.32 Å². The highest BCUT2D eigenvalue weighted by atomic mass is 35.5. The number of hydrogen-bond donors (Lipinski definition) is 1. The molecular weight excluding hydrogens is 347 g/mol. The van der Waals surface area contributed by atoms with E-state index in [4.69, 9.17) is 27.9 Å². The van der Waals surface area contributed by atoms with Gasteiger partial charge in [0.05, 0.1) is 22.4 Å². The number of methoxy groups -OCH3 is 1. The molecule has 2 amide bonds. The van der Waals surface area contributed by atoms with E-state index in [1.807, 2.05) is 6.07 Å². The van der Waals surface area contributed by atoms with Gasteiger partial charge in [-0.05, 0) is 17.7 Å². The number of rotatable bonds is 6. The Bertz CT molecular complexity index is 571. The van der Waals surface area contributed by atoms with Gasteiger partial charge >= 0.3 is 0 Å². The van der Waals surface area contributed by atoms with Crippen molar-refractivity contribution in [3.63, 3.8) is 0 Å². The number of amides is 2. The van der Waals surface area contributed by atoms with E-state index in [2.05, 4.69) is 5.32 Å². The van der Waals surface area contributed by atoms with Crippen LogP contribution in [0.4, 0.5) is 0 Å². The lowest BCUT2D eigenvalue weighted by molar-refractivity contribution is -0.133. The topological polar surface area (TPSA) is 58.6 Å². The zero-order valence-electron chi connectivity index (χ0n) is 12.0. The van der Waals surface area contributed by atoms with Crippen molar-refractivity contribution < 1.29 is 14.3 Å². The molecule has 5 nitrogen and oxygen atoms in total. The zero-order valence-corrected chi connectivity index (χ0v) is 14.3. The predicted octanol–water partition coefficient (Wildman–Crippen LogP) is 2.33. The molecule has 1 aromatic carbocycles. The van der Waals surface area contributed by atoms with Gasteiger partial charge < -0.3 is 15.0 Å². The smallest absolute Gasteiger partial charge is 0.239 e. The molecule has 0 aromatic heterocycles. The highest BCUT2D eigenvalue weighted by Crippen LogP contribution is 2.40. The first-order chi connectivity index (χ1) is 10.5. The minimum atomic E-state index is -0.226. The third-order valence-corrected chi connectivity index (χ3v) is 5.13. The fourth-order valence-electron chi connectivity index (χ4n) is 2.07. The number of ether oxygens (including phenoxy) is 1. The average molecular weight is 363 g/mol. The lowest BCUT2D eigenvalue weighted by Crippen LogP contribution is -2.40. The Morgan fingerprint density at radius 3 is 2.91 bits per heavy atom. The monoisotopic (exact) mass is 362 g/mol. The second kappa shape index (κ2) is 8.06. The summed E-state index contributed by atoms with van der Waals surface area (Å²) in [7, 11) is 1.56. The molecule has 1 aliphatic rings. The fourth-order valence-corrected chi connectivity index (χ4v) is 3.55. The predicted molar refractivity (Wildman–Crippen MR) is 88.3 cm³/mol. The standard InChI is InChI=1S/C14H16Cl2N2O3S/c1-21-5-4-17-12(19)7-18-13(20)8-22-14(18)9-2-3-10(15)11(16)6-9/h2-3,6,14H,4-5,7-8H2,1H3,(H,17,19)/t14-/m1/s1. The molecule has 1 heterocycles. The van der Waals surface area contributed by atoms with Crippen LogP contribution in [-0.2, 0) is 14.3 Å². The van der Waals surface area contributed by atoms with Gasteiger partial charge in [0.2, 0.25) is 11.8 Å². The second-order valence-corrected chi connectivity index (χ2v) is 6.58. The van der Waals surface area contributed by atoms with Crippen molar-refractivity contribution in [3.8, 4) is 0 Å². The minimum absolute atomic E-state index is 0.0143. The Kier molecular flexibility index (Phi) is 6.37. The average Bonchev–Trinajstić information content (AvgIpc) is 2.84. The SMILES string of the molecule is COCCNC(=O)CN1C(=O)CS[C@@H]1c1ccc(Cl)c(Cl)c1. The summed E-state index contributed by atoms with van der Waals surface area (Å²) in [5.74, 6) is 0.0666. The van der Waals surface area contributed by atoms with Crippen molar-refractivity contribution in [2.45, 2.75) is 5.37 Å². The van der Waals surface area contributed by atoms with E-state index in [0.717, 1.165) is 5.56 Å². The van der Waals surface area contributed by atoms with Crippen LogP contribution in [0.3, 0.4) is 0 Å². The summed E-state index contributed by atoms with van der Waals surface area (Å²) in [6.07, 6.45) is 0. The van der Waals surface area contributed by atoms with Gasteiger partial charge in [-0.1, -0.05) is 29.3 Å². The number of halogens is 2. The Labute approximate surface area is 143 Å². The summed E-state index contributed by atoms with van der Waals surface area (Å²) < 4.78 is 4.87. The van der Waals surface area contributed by atoms with Crippen LogP contribution in [0.5, 0.6) is 0 Å². The van der Waals surface area contributed by atoms with Crippen molar-refractivity contribution >= 4 is 46.8 Å². The van der Waals surface area contributed by atoms with E-state index in [-0.39, 0.29) is 23.7 Å². The van der Waals surface area contributed by atoms with Crippen molar-refractivity contribution in [2.24, 2.45) is 0 Å². The number of carbonyl (C=O) groups excluding carboxylic acids is 2. The molecule has 0 bridgehead atoms. The van der Waals surface area contributed by atoms with E-state index in [9.17, 15) is 9.59 Å². The number of carbonyl (C=O) groups is 2. The first-order valence-corrected chi connectivity index (χ1v) is 8.45. The molecule has 1 saturated heterocycles. The van der Waals surface area contributed by atoms with Crippen LogP contribution >= 0.6 is 35.0 Å². The lowest BCUT2D eigenvalue weighted by atomic mass is 10.2. The molecule has 0 saturated carbocycles. The van der Waals surface area contributed by atoms with Gasteiger partial charge in [-0.2, -0.15) is 0 Å². The first-order valence-electron chi connectivity index (χ1n) is 6.64. The number of hydrogen-bond acceptors (Lipinski definition) is 4. The molecule has 120 valence electrons. The molecule has 1 atom stereocenters. The molecule has 1 aliphatic heterocycles. The van der Waals surface area contributed by atoms with Gasteiger partial charge in [0.15, 0.2) is 0 Å². The van der Waals surface area contributed by atoms with Crippen LogP contribution in [0.2, 0.25) is 10.0 Å². The van der Waals surface area contributed by atoms with Gasteiger partial charge in [-0.25, -0.2) is 0 Å².